The first-order chi connectivity index (χ1) is 23.4. The highest BCUT2D eigenvalue weighted by atomic mass is 16.4. The van der Waals surface area contributed by atoms with Crippen LogP contribution in [0.15, 0.2) is 30.3 Å². The Morgan fingerprint density at radius 3 is 2.12 bits per heavy atom. The number of carboxylic acid groups (broad SMARTS) is 1. The minimum atomic E-state index is -1.59. The summed E-state index contributed by atoms with van der Waals surface area (Å²) in [6.45, 7) is -0.462. The van der Waals surface area contributed by atoms with Crippen molar-refractivity contribution in [3.05, 3.63) is 35.9 Å². The zero-order chi connectivity index (χ0) is 35.7. The lowest BCUT2D eigenvalue weighted by Gasteiger charge is -2.33. The molecule has 0 spiro atoms. The molecule has 3 aliphatic rings. The van der Waals surface area contributed by atoms with E-state index in [1.165, 1.54) is 9.80 Å². The van der Waals surface area contributed by atoms with E-state index in [0.717, 1.165) is 0 Å². The molecule has 3 fully saturated rings. The molecule has 8 N–H and O–H groups in total. The maximum absolute atomic E-state index is 14.0. The SMILES string of the molecule is NC(=O)CC[C@H](NC(=O)[C@@H]1CCC(=O)N1)C(=O)N1CCC[C@H]1C(=O)N1CCC[C@H]1C(=O)N[C@@H](Cc1ccccc1)C(=O)N[C@@H](CO)C(=O)O. The molecule has 1 aromatic carbocycles. The highest BCUT2D eigenvalue weighted by molar-refractivity contribution is 5.98. The molecule has 3 aliphatic heterocycles. The van der Waals surface area contributed by atoms with E-state index in [-0.39, 0.29) is 57.5 Å². The number of aliphatic hydroxyl groups excluding tert-OH is 1. The van der Waals surface area contributed by atoms with Crippen LogP contribution >= 0.6 is 0 Å². The van der Waals surface area contributed by atoms with Gasteiger partial charge in [-0.2, -0.15) is 0 Å². The molecule has 7 amide bonds. The molecule has 0 aromatic heterocycles. The van der Waals surface area contributed by atoms with Crippen LogP contribution in [-0.2, 0) is 44.8 Å². The second-order valence-corrected chi connectivity index (χ2v) is 12.4. The van der Waals surface area contributed by atoms with Gasteiger partial charge in [0.05, 0.1) is 6.61 Å². The molecule has 49 heavy (non-hydrogen) atoms. The number of aliphatic carboxylic acids is 1. The summed E-state index contributed by atoms with van der Waals surface area (Å²) in [6, 6.07) is 1.93. The van der Waals surface area contributed by atoms with Crippen LogP contribution in [0.1, 0.15) is 56.9 Å². The summed E-state index contributed by atoms with van der Waals surface area (Å²) >= 11 is 0. The monoisotopic (exact) mass is 685 g/mol. The highest BCUT2D eigenvalue weighted by Gasteiger charge is 2.44. The van der Waals surface area contributed by atoms with Gasteiger partial charge in [0, 0.05) is 32.4 Å². The van der Waals surface area contributed by atoms with Crippen molar-refractivity contribution in [3.8, 4) is 0 Å². The lowest BCUT2D eigenvalue weighted by molar-refractivity contribution is -0.148. The molecule has 0 unspecified atom stereocenters. The molecule has 0 saturated carbocycles. The van der Waals surface area contributed by atoms with Gasteiger partial charge in [-0.15, -0.1) is 0 Å². The second kappa shape index (κ2) is 16.9. The quantitative estimate of drug-likeness (QED) is 0.100. The molecule has 0 bridgehead atoms. The maximum Gasteiger partial charge on any atom is 0.328 e. The van der Waals surface area contributed by atoms with E-state index in [9.17, 15) is 48.6 Å². The molecular weight excluding hydrogens is 642 g/mol. The number of primary amides is 1. The van der Waals surface area contributed by atoms with Crippen LogP contribution in [-0.4, -0.2) is 123 Å². The van der Waals surface area contributed by atoms with Gasteiger partial charge in [0.2, 0.25) is 41.4 Å². The summed E-state index contributed by atoms with van der Waals surface area (Å²) in [5.74, 6) is -5.57. The summed E-state index contributed by atoms with van der Waals surface area (Å²) in [7, 11) is 0. The van der Waals surface area contributed by atoms with Crippen molar-refractivity contribution < 1.29 is 48.6 Å². The van der Waals surface area contributed by atoms with Crippen LogP contribution in [0.2, 0.25) is 0 Å². The zero-order valence-electron chi connectivity index (χ0n) is 27.0. The maximum atomic E-state index is 14.0. The molecule has 17 heteroatoms. The number of hydrogen-bond acceptors (Lipinski definition) is 9. The van der Waals surface area contributed by atoms with Gasteiger partial charge in [-0.25, -0.2) is 4.79 Å². The standard InChI is InChI=1S/C32H43N7O10/c33-25(41)12-10-20(35-27(43)19-11-13-26(42)34-19)30(46)39-15-5-9-24(39)31(47)38-14-4-8-23(38)29(45)36-21(16-18-6-2-1-3-7-18)28(44)37-22(17-40)32(48)49/h1-3,6-7,19-24,40H,4-5,8-17H2,(H2,33,41)(H,34,42)(H,35,43)(H,36,45)(H,37,44)(H,48,49)/t19-,20-,21-,22-,23-,24-/m0/s1. The largest absolute Gasteiger partial charge is 0.480 e. The van der Waals surface area contributed by atoms with Crippen molar-refractivity contribution in [2.45, 2.75) is 94.0 Å². The van der Waals surface area contributed by atoms with E-state index >= 15 is 0 Å². The zero-order valence-corrected chi connectivity index (χ0v) is 27.0. The van der Waals surface area contributed by atoms with Crippen molar-refractivity contribution in [3.63, 3.8) is 0 Å². The Balaban J connectivity index is 1.47. The Morgan fingerprint density at radius 1 is 0.857 bits per heavy atom. The molecule has 0 radical (unpaired) electrons. The van der Waals surface area contributed by atoms with E-state index in [0.29, 0.717) is 24.8 Å². The molecule has 0 aliphatic carbocycles. The third kappa shape index (κ3) is 9.52. The number of aliphatic hydroxyl groups is 1. The fourth-order valence-electron chi connectivity index (χ4n) is 6.39. The van der Waals surface area contributed by atoms with Gasteiger partial charge in [-0.3, -0.25) is 33.6 Å². The molecule has 3 saturated heterocycles. The number of carbonyl (C=O) groups is 8. The molecular formula is C32H43N7O10. The minimum absolute atomic E-state index is 0.00466. The van der Waals surface area contributed by atoms with Crippen molar-refractivity contribution >= 4 is 47.3 Å². The predicted molar refractivity (Wildman–Crippen MR) is 170 cm³/mol. The van der Waals surface area contributed by atoms with Gasteiger partial charge >= 0.3 is 5.97 Å². The summed E-state index contributed by atoms with van der Waals surface area (Å²) in [4.78, 5) is 105. The number of rotatable bonds is 15. The summed E-state index contributed by atoms with van der Waals surface area (Å²) in [5.41, 5.74) is 5.99. The van der Waals surface area contributed by atoms with E-state index < -0.39 is 84.3 Å². The van der Waals surface area contributed by atoms with Crippen molar-refractivity contribution in [1.82, 2.24) is 31.1 Å². The first-order valence-electron chi connectivity index (χ1n) is 16.4. The summed E-state index contributed by atoms with van der Waals surface area (Å²) in [5, 5.41) is 28.8. The highest BCUT2D eigenvalue weighted by Crippen LogP contribution is 2.26. The number of amides is 7. The van der Waals surface area contributed by atoms with Crippen LogP contribution in [0.4, 0.5) is 0 Å². The number of carbonyl (C=O) groups excluding carboxylic acids is 7. The number of carboxylic acids is 1. The van der Waals surface area contributed by atoms with Gasteiger partial charge in [0.1, 0.15) is 36.3 Å². The fourth-order valence-corrected chi connectivity index (χ4v) is 6.39. The van der Waals surface area contributed by atoms with Crippen LogP contribution in [0, 0.1) is 0 Å². The van der Waals surface area contributed by atoms with E-state index in [1.807, 2.05) is 0 Å². The number of hydrogen-bond donors (Lipinski definition) is 7. The molecule has 17 nitrogen and oxygen atoms in total. The molecule has 3 heterocycles. The topological polar surface area (TPSA) is 258 Å². The number of likely N-dealkylation sites (tertiary alicyclic amines) is 2. The van der Waals surface area contributed by atoms with Crippen molar-refractivity contribution in [1.29, 1.82) is 0 Å². The molecule has 266 valence electrons. The lowest BCUT2D eigenvalue weighted by atomic mass is 10.0. The van der Waals surface area contributed by atoms with E-state index in [4.69, 9.17) is 5.73 Å². The van der Waals surface area contributed by atoms with E-state index in [1.54, 1.807) is 30.3 Å². The normalized spacial score (nSPS) is 22.1. The predicted octanol–water partition coefficient (Wildman–Crippen LogP) is -2.71. The molecule has 6 atom stereocenters. The first kappa shape index (κ1) is 36.8. The Kier molecular flexibility index (Phi) is 12.6. The Labute approximate surface area is 282 Å². The minimum Gasteiger partial charge on any atom is -0.480 e. The smallest absolute Gasteiger partial charge is 0.328 e. The number of benzene rings is 1. The Bertz CT molecular complexity index is 1440. The third-order valence-corrected chi connectivity index (χ3v) is 8.98. The van der Waals surface area contributed by atoms with Gasteiger partial charge < -0.3 is 47.0 Å². The molecule has 1 aromatic rings. The Morgan fingerprint density at radius 2 is 1.51 bits per heavy atom. The van der Waals surface area contributed by atoms with Crippen LogP contribution in [0.25, 0.3) is 0 Å². The van der Waals surface area contributed by atoms with Crippen LogP contribution < -0.4 is 27.0 Å². The number of nitrogens with zero attached hydrogens (tertiary/aromatic N) is 2. The van der Waals surface area contributed by atoms with Crippen LogP contribution in [0.5, 0.6) is 0 Å². The van der Waals surface area contributed by atoms with Gasteiger partial charge in [0.15, 0.2) is 0 Å². The first-order valence-corrected chi connectivity index (χ1v) is 16.4. The lowest BCUT2D eigenvalue weighted by Crippen LogP contribution is -2.59. The average Bonchev–Trinajstić information content (AvgIpc) is 3.86. The van der Waals surface area contributed by atoms with Gasteiger partial charge in [-0.05, 0) is 44.1 Å². The van der Waals surface area contributed by atoms with Gasteiger partial charge in [0.25, 0.3) is 0 Å². The second-order valence-electron chi connectivity index (χ2n) is 12.4. The third-order valence-electron chi connectivity index (χ3n) is 8.98. The number of nitrogens with one attached hydrogen (secondary N) is 4. The molecule has 4 rings (SSSR count). The fraction of sp³-hybridized carbons (Fsp3) is 0.562. The summed E-state index contributed by atoms with van der Waals surface area (Å²) < 4.78 is 0. The van der Waals surface area contributed by atoms with E-state index in [2.05, 4.69) is 21.3 Å². The van der Waals surface area contributed by atoms with Gasteiger partial charge in [-0.1, -0.05) is 30.3 Å². The van der Waals surface area contributed by atoms with Crippen molar-refractivity contribution in [2.75, 3.05) is 19.7 Å². The van der Waals surface area contributed by atoms with Crippen LogP contribution in [0.3, 0.4) is 0 Å². The average molecular weight is 686 g/mol. The number of nitrogens with two attached hydrogens (primary N) is 1. The van der Waals surface area contributed by atoms with Crippen molar-refractivity contribution in [2.24, 2.45) is 5.73 Å². The Hall–Kier alpha value is -5.06. The summed E-state index contributed by atoms with van der Waals surface area (Å²) in [6.07, 6.45) is 1.60.